The summed E-state index contributed by atoms with van der Waals surface area (Å²) in [5.41, 5.74) is -0.510. The maximum Gasteiger partial charge on any atom is 0.331 e. The van der Waals surface area contributed by atoms with Crippen LogP contribution >= 0.6 is 0 Å². The molecule has 0 saturated heterocycles. The summed E-state index contributed by atoms with van der Waals surface area (Å²) < 4.78 is 0. The van der Waals surface area contributed by atoms with Gasteiger partial charge in [-0.2, -0.15) is 0 Å². The molecule has 0 aliphatic heterocycles. The first kappa shape index (κ1) is 29.1. The number of nitrogens with zero attached hydrogens (tertiary/aromatic N) is 1. The highest BCUT2D eigenvalue weighted by molar-refractivity contribution is 5.92. The number of rotatable bonds is 14. The lowest BCUT2D eigenvalue weighted by atomic mass is 9.90. The van der Waals surface area contributed by atoms with Crippen molar-refractivity contribution < 1.29 is 19.5 Å². The standard InChI is InChI=1S/C24H45N3O4/c1-10-13-25-24(11-2,12-3)23(31)26-19(14-16(4)5)21(28)27(9)20(17(6)7)15-18(8)22(29)30/h15-17,19-20,25H,10-14H2,1-9H3,(H,26,31)(H,29,30)/t19-,20+/m0/s1. The average molecular weight is 440 g/mol. The van der Waals surface area contributed by atoms with Gasteiger partial charge in [-0.25, -0.2) is 4.79 Å². The summed E-state index contributed by atoms with van der Waals surface area (Å²) in [6.07, 6.45) is 4.30. The van der Waals surface area contributed by atoms with Crippen LogP contribution in [-0.2, 0) is 14.4 Å². The number of carbonyl (C=O) groups is 3. The van der Waals surface area contributed by atoms with Gasteiger partial charge in [-0.15, -0.1) is 0 Å². The summed E-state index contributed by atoms with van der Waals surface area (Å²) in [5, 5.41) is 15.7. The molecule has 0 fully saturated rings. The van der Waals surface area contributed by atoms with Crippen LogP contribution in [0, 0.1) is 11.8 Å². The van der Waals surface area contributed by atoms with Gasteiger partial charge in [0.25, 0.3) is 0 Å². The second-order valence-corrected chi connectivity index (χ2v) is 9.21. The average Bonchev–Trinajstić information content (AvgIpc) is 2.70. The van der Waals surface area contributed by atoms with E-state index in [1.807, 2.05) is 41.5 Å². The van der Waals surface area contributed by atoms with Crippen LogP contribution in [0.3, 0.4) is 0 Å². The van der Waals surface area contributed by atoms with Crippen molar-refractivity contribution in [2.45, 2.75) is 98.7 Å². The summed E-state index contributed by atoms with van der Waals surface area (Å²) in [5.74, 6) is -1.13. The van der Waals surface area contributed by atoms with Crippen molar-refractivity contribution in [3.63, 3.8) is 0 Å². The molecule has 0 aromatic carbocycles. The number of hydrogen-bond acceptors (Lipinski definition) is 4. The quantitative estimate of drug-likeness (QED) is 0.359. The van der Waals surface area contributed by atoms with Crippen LogP contribution in [0.4, 0.5) is 0 Å². The summed E-state index contributed by atoms with van der Waals surface area (Å²) >= 11 is 0. The Balaban J connectivity index is 5.85. The second-order valence-electron chi connectivity index (χ2n) is 9.21. The number of carboxylic acid groups (broad SMARTS) is 1. The number of likely N-dealkylation sites (N-methyl/N-ethyl adjacent to an activating group) is 1. The molecular formula is C24H45N3O4. The molecule has 0 aliphatic carbocycles. The van der Waals surface area contributed by atoms with E-state index >= 15 is 0 Å². The first-order valence-electron chi connectivity index (χ1n) is 11.6. The monoisotopic (exact) mass is 439 g/mol. The van der Waals surface area contributed by atoms with Gasteiger partial charge in [0.15, 0.2) is 0 Å². The number of aliphatic carboxylic acids is 1. The molecule has 7 nitrogen and oxygen atoms in total. The summed E-state index contributed by atoms with van der Waals surface area (Å²) in [6.45, 7) is 16.2. The molecule has 31 heavy (non-hydrogen) atoms. The van der Waals surface area contributed by atoms with Gasteiger partial charge in [-0.05, 0) is 51.0 Å². The van der Waals surface area contributed by atoms with Crippen LogP contribution in [-0.4, -0.2) is 59.0 Å². The minimum absolute atomic E-state index is 0.0234. The number of amides is 2. The molecule has 0 aromatic rings. The van der Waals surface area contributed by atoms with Gasteiger partial charge in [0.05, 0.1) is 11.6 Å². The molecule has 0 spiro atoms. The molecule has 0 bridgehead atoms. The fourth-order valence-corrected chi connectivity index (χ4v) is 3.73. The Bertz CT molecular complexity index is 624. The van der Waals surface area contributed by atoms with Gasteiger partial charge in [-0.1, -0.05) is 54.5 Å². The second kappa shape index (κ2) is 13.5. The van der Waals surface area contributed by atoms with Crippen molar-refractivity contribution in [3.8, 4) is 0 Å². The smallest absolute Gasteiger partial charge is 0.331 e. The molecule has 0 saturated carbocycles. The van der Waals surface area contributed by atoms with E-state index in [4.69, 9.17) is 0 Å². The molecule has 180 valence electrons. The number of carboxylic acids is 1. The molecule has 3 N–H and O–H groups in total. The van der Waals surface area contributed by atoms with Crippen molar-refractivity contribution in [2.75, 3.05) is 13.6 Å². The van der Waals surface area contributed by atoms with E-state index in [1.165, 1.54) is 6.92 Å². The Morgan fingerprint density at radius 2 is 1.61 bits per heavy atom. The highest BCUT2D eigenvalue weighted by Gasteiger charge is 2.37. The lowest BCUT2D eigenvalue weighted by Crippen LogP contribution is -2.61. The molecule has 2 atom stereocenters. The van der Waals surface area contributed by atoms with Crippen molar-refractivity contribution in [3.05, 3.63) is 11.6 Å². The van der Waals surface area contributed by atoms with Crippen molar-refractivity contribution in [1.29, 1.82) is 0 Å². The number of carbonyl (C=O) groups excluding carboxylic acids is 2. The molecule has 0 rings (SSSR count). The Morgan fingerprint density at radius 3 is 2.00 bits per heavy atom. The molecule has 2 amide bonds. The van der Waals surface area contributed by atoms with E-state index in [-0.39, 0.29) is 35.3 Å². The topological polar surface area (TPSA) is 98.7 Å². The molecule has 0 unspecified atom stereocenters. The third-order valence-corrected chi connectivity index (χ3v) is 5.90. The van der Waals surface area contributed by atoms with Gasteiger partial charge in [0.1, 0.15) is 6.04 Å². The zero-order valence-corrected chi connectivity index (χ0v) is 21.0. The van der Waals surface area contributed by atoms with Gasteiger partial charge in [0, 0.05) is 12.6 Å². The van der Waals surface area contributed by atoms with E-state index in [1.54, 1.807) is 18.0 Å². The summed E-state index contributed by atoms with van der Waals surface area (Å²) in [4.78, 5) is 39.6. The zero-order valence-electron chi connectivity index (χ0n) is 21.0. The molecule has 0 aliphatic rings. The highest BCUT2D eigenvalue weighted by Crippen LogP contribution is 2.20. The van der Waals surface area contributed by atoms with Crippen LogP contribution in [0.25, 0.3) is 0 Å². The largest absolute Gasteiger partial charge is 0.478 e. The molecule has 0 radical (unpaired) electrons. The van der Waals surface area contributed by atoms with Crippen LogP contribution in [0.5, 0.6) is 0 Å². The maximum atomic E-state index is 13.4. The predicted molar refractivity (Wildman–Crippen MR) is 126 cm³/mol. The first-order chi connectivity index (χ1) is 14.4. The lowest BCUT2D eigenvalue weighted by molar-refractivity contribution is -0.139. The van der Waals surface area contributed by atoms with E-state index in [0.717, 1.165) is 13.0 Å². The Kier molecular flexibility index (Phi) is 12.7. The van der Waals surface area contributed by atoms with Gasteiger partial charge in [0.2, 0.25) is 11.8 Å². The van der Waals surface area contributed by atoms with E-state index in [0.29, 0.717) is 19.3 Å². The van der Waals surface area contributed by atoms with Crippen molar-refractivity contribution in [1.82, 2.24) is 15.5 Å². The highest BCUT2D eigenvalue weighted by atomic mass is 16.4. The lowest BCUT2D eigenvalue weighted by Gasteiger charge is -2.36. The Labute approximate surface area is 189 Å². The molecule has 7 heteroatoms. The van der Waals surface area contributed by atoms with Crippen LogP contribution in [0.2, 0.25) is 0 Å². The van der Waals surface area contributed by atoms with Crippen LogP contribution < -0.4 is 10.6 Å². The van der Waals surface area contributed by atoms with Gasteiger partial charge >= 0.3 is 5.97 Å². The van der Waals surface area contributed by atoms with Gasteiger partial charge in [-0.3, -0.25) is 9.59 Å². The minimum Gasteiger partial charge on any atom is -0.478 e. The van der Waals surface area contributed by atoms with Crippen molar-refractivity contribution in [2.24, 2.45) is 11.8 Å². The van der Waals surface area contributed by atoms with Crippen LogP contribution in [0.1, 0.15) is 81.1 Å². The third-order valence-electron chi connectivity index (χ3n) is 5.90. The van der Waals surface area contributed by atoms with Crippen molar-refractivity contribution >= 4 is 17.8 Å². The zero-order chi connectivity index (χ0) is 24.4. The Hall–Kier alpha value is -1.89. The number of hydrogen-bond donors (Lipinski definition) is 3. The molecule has 0 heterocycles. The number of nitrogens with one attached hydrogen (secondary N) is 2. The SMILES string of the molecule is CCCNC(CC)(CC)C(=O)N[C@@H](CC(C)C)C(=O)N(C)[C@H](C=C(C)C(=O)O)C(C)C. The van der Waals surface area contributed by atoms with E-state index in [2.05, 4.69) is 17.6 Å². The minimum atomic E-state index is -1.00. The normalized spacial score (nSPS) is 14.5. The molecule has 0 aromatic heterocycles. The predicted octanol–water partition coefficient (Wildman–Crippen LogP) is 3.59. The van der Waals surface area contributed by atoms with Crippen LogP contribution in [0.15, 0.2) is 11.6 Å². The third kappa shape index (κ3) is 8.63. The van der Waals surface area contributed by atoms with E-state index < -0.39 is 17.6 Å². The van der Waals surface area contributed by atoms with E-state index in [9.17, 15) is 19.5 Å². The fraction of sp³-hybridized carbons (Fsp3) is 0.792. The maximum absolute atomic E-state index is 13.4. The van der Waals surface area contributed by atoms with Gasteiger partial charge < -0.3 is 20.6 Å². The fourth-order valence-electron chi connectivity index (χ4n) is 3.73. The summed E-state index contributed by atoms with van der Waals surface area (Å²) in [6, 6.07) is -1.05. The summed E-state index contributed by atoms with van der Waals surface area (Å²) in [7, 11) is 1.68. The first-order valence-corrected chi connectivity index (χ1v) is 11.6. The Morgan fingerprint density at radius 1 is 1.06 bits per heavy atom. The molecular weight excluding hydrogens is 394 g/mol.